The van der Waals surface area contributed by atoms with Crippen molar-refractivity contribution < 1.29 is 10.2 Å². The van der Waals surface area contributed by atoms with E-state index in [0.717, 1.165) is 12.8 Å². The predicted molar refractivity (Wildman–Crippen MR) is 55.6 cm³/mol. The Hall–Kier alpha value is -0.0800. The third-order valence-corrected chi connectivity index (χ3v) is 2.42. The van der Waals surface area contributed by atoms with Crippen LogP contribution in [0, 0.1) is 5.92 Å². The fraction of sp³-hybridized carbons (Fsp3) is 1.00. The van der Waals surface area contributed by atoms with Crippen molar-refractivity contribution in [3.05, 3.63) is 0 Å². The van der Waals surface area contributed by atoms with E-state index in [2.05, 4.69) is 6.92 Å². The number of rotatable bonds is 7. The molecule has 0 fully saturated rings. The molecule has 0 aromatic heterocycles. The Morgan fingerprint density at radius 3 is 2.15 bits per heavy atom. The summed E-state index contributed by atoms with van der Waals surface area (Å²) in [6.45, 7) is 6.10. The van der Waals surface area contributed by atoms with E-state index in [1.54, 1.807) is 0 Å². The molecule has 80 valence electrons. The molecule has 2 N–H and O–H groups in total. The van der Waals surface area contributed by atoms with E-state index in [1.165, 1.54) is 12.8 Å². The molecule has 0 amide bonds. The van der Waals surface area contributed by atoms with Crippen LogP contribution >= 0.6 is 0 Å². The van der Waals surface area contributed by atoms with E-state index in [0.29, 0.717) is 6.42 Å². The molecule has 0 bridgehead atoms. The van der Waals surface area contributed by atoms with Crippen LogP contribution in [0.25, 0.3) is 0 Å². The molecule has 0 heterocycles. The Labute approximate surface area is 82.0 Å². The second-order valence-electron chi connectivity index (χ2n) is 4.20. The van der Waals surface area contributed by atoms with Crippen molar-refractivity contribution in [3.8, 4) is 0 Å². The van der Waals surface area contributed by atoms with E-state index in [1.807, 2.05) is 13.8 Å². The summed E-state index contributed by atoms with van der Waals surface area (Å²) < 4.78 is 0. The quantitative estimate of drug-likeness (QED) is 0.602. The molecule has 0 aliphatic heterocycles. The van der Waals surface area contributed by atoms with Crippen LogP contribution in [0.3, 0.4) is 0 Å². The molecule has 0 aromatic rings. The molecule has 0 saturated heterocycles. The van der Waals surface area contributed by atoms with Gasteiger partial charge in [0.2, 0.25) is 0 Å². The van der Waals surface area contributed by atoms with Gasteiger partial charge in [0.15, 0.2) is 0 Å². The van der Waals surface area contributed by atoms with E-state index >= 15 is 0 Å². The first-order valence-electron chi connectivity index (χ1n) is 5.44. The number of aliphatic hydroxyl groups is 2. The smallest absolute Gasteiger partial charge is 0.0587 e. The fourth-order valence-electron chi connectivity index (χ4n) is 1.30. The second kappa shape index (κ2) is 7.34. The van der Waals surface area contributed by atoms with Gasteiger partial charge in [-0.1, -0.05) is 40.0 Å². The molecular formula is C11H24O2. The summed E-state index contributed by atoms with van der Waals surface area (Å²) >= 11 is 0. The lowest BCUT2D eigenvalue weighted by Gasteiger charge is -2.18. The highest BCUT2D eigenvalue weighted by Gasteiger charge is 2.14. The van der Waals surface area contributed by atoms with Crippen LogP contribution < -0.4 is 0 Å². The van der Waals surface area contributed by atoms with Gasteiger partial charge in [-0.2, -0.15) is 0 Å². The molecule has 2 nitrogen and oxygen atoms in total. The van der Waals surface area contributed by atoms with Crippen molar-refractivity contribution in [3.63, 3.8) is 0 Å². The van der Waals surface area contributed by atoms with Gasteiger partial charge in [0.05, 0.1) is 12.2 Å². The molecule has 0 saturated carbocycles. The van der Waals surface area contributed by atoms with Gasteiger partial charge in [-0.15, -0.1) is 0 Å². The maximum atomic E-state index is 9.54. The Morgan fingerprint density at radius 1 is 1.08 bits per heavy atom. The Kier molecular flexibility index (Phi) is 7.29. The van der Waals surface area contributed by atoms with Crippen LogP contribution in [0.5, 0.6) is 0 Å². The van der Waals surface area contributed by atoms with Crippen LogP contribution in [0.1, 0.15) is 52.9 Å². The maximum Gasteiger partial charge on any atom is 0.0587 e. The zero-order chi connectivity index (χ0) is 10.3. The Morgan fingerprint density at radius 2 is 1.69 bits per heavy atom. The molecule has 0 radical (unpaired) electrons. The molecular weight excluding hydrogens is 164 g/mol. The van der Waals surface area contributed by atoms with Gasteiger partial charge in [-0.3, -0.25) is 0 Å². The van der Waals surface area contributed by atoms with Gasteiger partial charge in [-0.25, -0.2) is 0 Å². The molecule has 2 atom stereocenters. The summed E-state index contributed by atoms with van der Waals surface area (Å²) in [5.74, 6) is 0.251. The lowest BCUT2D eigenvalue weighted by atomic mass is 9.98. The van der Waals surface area contributed by atoms with Gasteiger partial charge >= 0.3 is 0 Å². The first kappa shape index (κ1) is 12.9. The molecule has 0 spiro atoms. The van der Waals surface area contributed by atoms with Gasteiger partial charge in [0.25, 0.3) is 0 Å². The summed E-state index contributed by atoms with van der Waals surface area (Å²) in [7, 11) is 0. The van der Waals surface area contributed by atoms with Crippen LogP contribution in [-0.2, 0) is 0 Å². The largest absolute Gasteiger partial charge is 0.393 e. The highest BCUT2D eigenvalue weighted by molar-refractivity contribution is 4.66. The van der Waals surface area contributed by atoms with Crippen molar-refractivity contribution in [2.45, 2.75) is 65.1 Å². The zero-order valence-electron chi connectivity index (χ0n) is 9.16. The topological polar surface area (TPSA) is 40.5 Å². The van der Waals surface area contributed by atoms with Gasteiger partial charge < -0.3 is 10.2 Å². The molecule has 13 heavy (non-hydrogen) atoms. The summed E-state index contributed by atoms with van der Waals surface area (Å²) in [5, 5.41) is 19.0. The summed E-state index contributed by atoms with van der Waals surface area (Å²) in [4.78, 5) is 0. The minimum absolute atomic E-state index is 0.251. The standard InChI is InChI=1S/C11H24O2/c1-4-5-6-7-10(12)8-11(13)9(2)3/h9-13H,4-8H2,1-3H3/t10-,11-/m0/s1. The maximum absolute atomic E-state index is 9.54. The molecule has 0 rings (SSSR count). The van der Waals surface area contributed by atoms with Crippen molar-refractivity contribution in [2.24, 2.45) is 5.92 Å². The Bertz CT molecular complexity index is 113. The molecule has 0 aliphatic rings. The predicted octanol–water partition coefficient (Wildman–Crippen LogP) is 2.33. The number of aliphatic hydroxyl groups excluding tert-OH is 2. The normalized spacial score (nSPS) is 16.2. The van der Waals surface area contributed by atoms with Crippen LogP contribution in [-0.4, -0.2) is 22.4 Å². The number of hydrogen-bond donors (Lipinski definition) is 2. The van der Waals surface area contributed by atoms with Crippen LogP contribution in [0.15, 0.2) is 0 Å². The average molecular weight is 188 g/mol. The minimum Gasteiger partial charge on any atom is -0.393 e. The minimum atomic E-state index is -0.350. The lowest BCUT2D eigenvalue weighted by Crippen LogP contribution is -2.22. The SMILES string of the molecule is CCCCC[C@H](O)C[C@H](O)C(C)C. The lowest BCUT2D eigenvalue weighted by molar-refractivity contribution is 0.0489. The first-order valence-corrected chi connectivity index (χ1v) is 5.44. The molecule has 0 unspecified atom stereocenters. The van der Waals surface area contributed by atoms with Crippen molar-refractivity contribution in [1.82, 2.24) is 0 Å². The van der Waals surface area contributed by atoms with Crippen molar-refractivity contribution in [2.75, 3.05) is 0 Å². The van der Waals surface area contributed by atoms with E-state index < -0.39 is 0 Å². The van der Waals surface area contributed by atoms with Gasteiger partial charge in [-0.05, 0) is 18.8 Å². The summed E-state index contributed by atoms with van der Waals surface area (Å²) in [5.41, 5.74) is 0. The second-order valence-corrected chi connectivity index (χ2v) is 4.20. The highest BCUT2D eigenvalue weighted by atomic mass is 16.3. The van der Waals surface area contributed by atoms with Gasteiger partial charge in [0, 0.05) is 0 Å². The molecule has 0 aromatic carbocycles. The number of hydrogen-bond acceptors (Lipinski definition) is 2. The number of unbranched alkanes of at least 4 members (excludes halogenated alkanes) is 2. The van der Waals surface area contributed by atoms with Crippen LogP contribution in [0.4, 0.5) is 0 Å². The van der Waals surface area contributed by atoms with E-state index in [-0.39, 0.29) is 18.1 Å². The van der Waals surface area contributed by atoms with E-state index in [4.69, 9.17) is 0 Å². The van der Waals surface area contributed by atoms with Crippen molar-refractivity contribution >= 4 is 0 Å². The third kappa shape index (κ3) is 7.03. The third-order valence-electron chi connectivity index (χ3n) is 2.42. The fourth-order valence-corrected chi connectivity index (χ4v) is 1.30. The summed E-state index contributed by atoms with van der Waals surface area (Å²) in [6.07, 6.45) is 4.12. The zero-order valence-corrected chi connectivity index (χ0v) is 9.16. The highest BCUT2D eigenvalue weighted by Crippen LogP contribution is 2.12. The first-order chi connectivity index (χ1) is 6.07. The molecule has 0 aliphatic carbocycles. The van der Waals surface area contributed by atoms with Crippen molar-refractivity contribution in [1.29, 1.82) is 0 Å². The average Bonchev–Trinajstić information content (AvgIpc) is 2.04. The monoisotopic (exact) mass is 188 g/mol. The van der Waals surface area contributed by atoms with E-state index in [9.17, 15) is 10.2 Å². The molecule has 2 heteroatoms. The Balaban J connectivity index is 3.43. The van der Waals surface area contributed by atoms with Gasteiger partial charge in [0.1, 0.15) is 0 Å². The summed E-state index contributed by atoms with van der Waals surface area (Å²) in [6, 6.07) is 0. The van der Waals surface area contributed by atoms with Crippen LogP contribution in [0.2, 0.25) is 0 Å².